The third kappa shape index (κ3) is 7.23. The molecule has 2 aromatic heterocycles. The van der Waals surface area contributed by atoms with Crippen LogP contribution in [0, 0.1) is 0 Å². The van der Waals surface area contributed by atoms with Gasteiger partial charge in [-0.05, 0) is 13.8 Å². The molecule has 0 unspecified atom stereocenters. The standard InChI is InChI=1S/C20H25N5O9/c1-4-32-18(28)10-16(19(29)33-5-2)23-7-6-17(27)24(20(23)30)12-15-11-21-22-25(15)13-31-8-9-34-14(3)26/h6-7,10-11H,4-5,8-9,12-13H2,1-3H3. The summed E-state index contributed by atoms with van der Waals surface area (Å²) in [5.74, 6) is -2.25. The normalized spacial score (nSPS) is 11.2. The van der Waals surface area contributed by atoms with Crippen LogP contribution in [0.4, 0.5) is 0 Å². The summed E-state index contributed by atoms with van der Waals surface area (Å²) < 4.78 is 22.8. The molecule has 0 radical (unpaired) electrons. The van der Waals surface area contributed by atoms with E-state index in [0.717, 1.165) is 27.5 Å². The molecular weight excluding hydrogens is 454 g/mol. The Morgan fingerprint density at radius 1 is 1.06 bits per heavy atom. The lowest BCUT2D eigenvalue weighted by molar-refractivity contribution is -0.143. The molecule has 0 aromatic carbocycles. The fraction of sp³-hybridized carbons (Fsp3) is 0.450. The minimum Gasteiger partial charge on any atom is -0.463 e. The average molecular weight is 479 g/mol. The molecule has 0 aliphatic carbocycles. The summed E-state index contributed by atoms with van der Waals surface area (Å²) >= 11 is 0. The van der Waals surface area contributed by atoms with Crippen molar-refractivity contribution < 1.29 is 33.3 Å². The Labute approximate surface area is 193 Å². The van der Waals surface area contributed by atoms with Crippen LogP contribution in [0.15, 0.2) is 34.1 Å². The lowest BCUT2D eigenvalue weighted by atomic mass is 10.3. The zero-order chi connectivity index (χ0) is 25.1. The van der Waals surface area contributed by atoms with Gasteiger partial charge in [0.2, 0.25) is 0 Å². The largest absolute Gasteiger partial charge is 0.463 e. The first-order valence-corrected chi connectivity index (χ1v) is 10.2. The van der Waals surface area contributed by atoms with E-state index in [4.69, 9.17) is 18.9 Å². The van der Waals surface area contributed by atoms with Crippen LogP contribution in [0.2, 0.25) is 0 Å². The lowest BCUT2D eigenvalue weighted by Gasteiger charge is -2.13. The van der Waals surface area contributed by atoms with E-state index in [9.17, 15) is 24.0 Å². The van der Waals surface area contributed by atoms with Crippen LogP contribution in [-0.4, -0.2) is 68.5 Å². The maximum atomic E-state index is 13.1. The number of hydrogen-bond acceptors (Lipinski definition) is 11. The van der Waals surface area contributed by atoms with Crippen LogP contribution in [0.5, 0.6) is 0 Å². The van der Waals surface area contributed by atoms with E-state index < -0.39 is 34.9 Å². The predicted octanol–water partition coefficient (Wildman–Crippen LogP) is -0.846. The van der Waals surface area contributed by atoms with E-state index in [1.54, 1.807) is 13.8 Å². The molecular formula is C20H25N5O9. The highest BCUT2D eigenvalue weighted by molar-refractivity contribution is 6.14. The number of carbonyl (C=O) groups excluding carboxylic acids is 3. The van der Waals surface area contributed by atoms with E-state index in [0.29, 0.717) is 5.69 Å². The second-order valence-corrected chi connectivity index (χ2v) is 6.50. The first kappa shape index (κ1) is 26.2. The molecule has 0 spiro atoms. The SMILES string of the molecule is CCOC(=O)C=C(C(=O)OCC)n1ccc(=O)n(Cc2cnnn2COCCOC(C)=O)c1=O. The van der Waals surface area contributed by atoms with Crippen LogP contribution >= 0.6 is 0 Å². The van der Waals surface area contributed by atoms with Crippen LogP contribution < -0.4 is 11.2 Å². The Hall–Kier alpha value is -4.07. The maximum Gasteiger partial charge on any atom is 0.355 e. The molecule has 0 N–H and O–H groups in total. The van der Waals surface area contributed by atoms with E-state index in [-0.39, 0.29) is 39.7 Å². The van der Waals surface area contributed by atoms with Crippen molar-refractivity contribution in [3.05, 3.63) is 51.1 Å². The van der Waals surface area contributed by atoms with Crippen LogP contribution in [0.3, 0.4) is 0 Å². The number of hydrogen-bond donors (Lipinski definition) is 0. The van der Waals surface area contributed by atoms with E-state index >= 15 is 0 Å². The van der Waals surface area contributed by atoms with Crippen molar-refractivity contribution in [1.82, 2.24) is 24.1 Å². The van der Waals surface area contributed by atoms with Gasteiger partial charge in [-0.25, -0.2) is 19.1 Å². The topological polar surface area (TPSA) is 163 Å². The quantitative estimate of drug-likeness (QED) is 0.161. The Bertz CT molecular complexity index is 1160. The number of ether oxygens (including phenoxy) is 4. The number of aromatic nitrogens is 5. The maximum absolute atomic E-state index is 13.1. The Morgan fingerprint density at radius 3 is 2.47 bits per heavy atom. The molecule has 0 aliphatic heterocycles. The van der Waals surface area contributed by atoms with E-state index in [2.05, 4.69) is 10.3 Å². The summed E-state index contributed by atoms with van der Waals surface area (Å²) in [6.07, 6.45) is 3.22. The van der Waals surface area contributed by atoms with Gasteiger partial charge >= 0.3 is 23.6 Å². The van der Waals surface area contributed by atoms with Crippen molar-refractivity contribution in [3.63, 3.8) is 0 Å². The number of esters is 3. The molecule has 14 heteroatoms. The summed E-state index contributed by atoms with van der Waals surface area (Å²) in [6, 6.07) is 1.06. The summed E-state index contributed by atoms with van der Waals surface area (Å²) in [6.45, 7) is 4.28. The average Bonchev–Trinajstić information content (AvgIpc) is 3.22. The monoisotopic (exact) mass is 479 g/mol. The van der Waals surface area contributed by atoms with Gasteiger partial charge in [-0.2, -0.15) is 0 Å². The van der Waals surface area contributed by atoms with Gasteiger partial charge in [-0.3, -0.25) is 18.7 Å². The van der Waals surface area contributed by atoms with Crippen LogP contribution in [-0.2, 0) is 46.6 Å². The van der Waals surface area contributed by atoms with Crippen molar-refractivity contribution in [2.45, 2.75) is 34.0 Å². The third-order valence-corrected chi connectivity index (χ3v) is 4.12. The second-order valence-electron chi connectivity index (χ2n) is 6.50. The summed E-state index contributed by atoms with van der Waals surface area (Å²) in [4.78, 5) is 60.6. The van der Waals surface area contributed by atoms with Crippen LogP contribution in [0.25, 0.3) is 5.70 Å². The highest BCUT2D eigenvalue weighted by Gasteiger charge is 2.20. The molecule has 34 heavy (non-hydrogen) atoms. The molecule has 0 saturated carbocycles. The zero-order valence-electron chi connectivity index (χ0n) is 19.0. The zero-order valence-corrected chi connectivity index (χ0v) is 19.0. The Balaban J connectivity index is 2.32. The highest BCUT2D eigenvalue weighted by Crippen LogP contribution is 2.06. The minimum absolute atomic E-state index is 0.00427. The minimum atomic E-state index is -0.948. The van der Waals surface area contributed by atoms with Crippen molar-refractivity contribution in [1.29, 1.82) is 0 Å². The van der Waals surface area contributed by atoms with Crippen molar-refractivity contribution >= 4 is 23.6 Å². The molecule has 0 atom stereocenters. The van der Waals surface area contributed by atoms with E-state index in [1.807, 2.05) is 0 Å². The fourth-order valence-electron chi connectivity index (χ4n) is 2.64. The first-order chi connectivity index (χ1) is 16.3. The molecule has 2 aromatic rings. The first-order valence-electron chi connectivity index (χ1n) is 10.2. The van der Waals surface area contributed by atoms with Gasteiger partial charge in [0.25, 0.3) is 5.56 Å². The van der Waals surface area contributed by atoms with Crippen LogP contribution in [0.1, 0.15) is 26.5 Å². The smallest absolute Gasteiger partial charge is 0.355 e. The predicted molar refractivity (Wildman–Crippen MR) is 114 cm³/mol. The molecule has 0 fully saturated rings. The molecule has 184 valence electrons. The van der Waals surface area contributed by atoms with Crippen molar-refractivity contribution in [2.75, 3.05) is 26.4 Å². The van der Waals surface area contributed by atoms with Gasteiger partial charge in [0.1, 0.15) is 19.0 Å². The van der Waals surface area contributed by atoms with Gasteiger partial charge in [-0.15, -0.1) is 5.10 Å². The summed E-state index contributed by atoms with van der Waals surface area (Å²) in [5.41, 5.74) is -1.64. The molecule has 14 nitrogen and oxygen atoms in total. The fourth-order valence-corrected chi connectivity index (χ4v) is 2.64. The number of nitrogens with zero attached hydrogens (tertiary/aromatic N) is 5. The van der Waals surface area contributed by atoms with Gasteiger partial charge in [0.15, 0.2) is 0 Å². The van der Waals surface area contributed by atoms with Gasteiger partial charge in [0.05, 0.1) is 44.3 Å². The molecule has 0 amide bonds. The molecule has 0 aliphatic rings. The van der Waals surface area contributed by atoms with E-state index in [1.165, 1.54) is 17.8 Å². The number of carbonyl (C=O) groups is 3. The van der Waals surface area contributed by atoms with Gasteiger partial charge in [0, 0.05) is 19.2 Å². The lowest BCUT2D eigenvalue weighted by Crippen LogP contribution is -2.40. The van der Waals surface area contributed by atoms with Gasteiger partial charge in [-0.1, -0.05) is 5.21 Å². The highest BCUT2D eigenvalue weighted by atomic mass is 16.6. The summed E-state index contributed by atoms with van der Waals surface area (Å²) in [5, 5.41) is 7.59. The Morgan fingerprint density at radius 2 is 1.79 bits per heavy atom. The molecule has 2 heterocycles. The molecule has 2 rings (SSSR count). The Kier molecular flexibility index (Phi) is 9.89. The van der Waals surface area contributed by atoms with Crippen molar-refractivity contribution in [2.24, 2.45) is 0 Å². The van der Waals surface area contributed by atoms with Crippen molar-refractivity contribution in [3.8, 4) is 0 Å². The number of rotatable bonds is 12. The summed E-state index contributed by atoms with van der Waals surface area (Å²) in [7, 11) is 0. The van der Waals surface area contributed by atoms with Gasteiger partial charge < -0.3 is 18.9 Å². The molecule has 0 saturated heterocycles. The molecule has 0 bridgehead atoms. The second kappa shape index (κ2) is 12.8. The third-order valence-electron chi connectivity index (χ3n) is 4.12.